The van der Waals surface area contributed by atoms with Gasteiger partial charge in [0, 0.05) is 21.3 Å². The van der Waals surface area contributed by atoms with Crippen molar-refractivity contribution in [2.75, 3.05) is 27.9 Å². The zero-order valence-corrected chi connectivity index (χ0v) is 9.25. The molecule has 0 bridgehead atoms. The number of methoxy groups -OCH3 is 3. The molecular formula is C9H19NO5. The van der Waals surface area contributed by atoms with Gasteiger partial charge in [0.1, 0.15) is 24.6 Å². The van der Waals surface area contributed by atoms with Crippen molar-refractivity contribution >= 4 is 6.29 Å². The molecule has 0 rings (SSSR count). The van der Waals surface area contributed by atoms with Crippen LogP contribution in [0.15, 0.2) is 0 Å². The molecule has 0 aromatic rings. The highest BCUT2D eigenvalue weighted by molar-refractivity contribution is 5.58. The van der Waals surface area contributed by atoms with Crippen molar-refractivity contribution in [2.45, 2.75) is 24.4 Å². The zero-order valence-electron chi connectivity index (χ0n) is 9.25. The maximum atomic E-state index is 10.5. The molecule has 0 radical (unpaired) electrons. The molecule has 0 aromatic carbocycles. The Morgan fingerprint density at radius 3 is 2.13 bits per heavy atom. The molecule has 90 valence electrons. The molecule has 0 fully saturated rings. The number of carbonyl (C=O) groups excluding carboxylic acids is 1. The van der Waals surface area contributed by atoms with Gasteiger partial charge in [-0.2, -0.15) is 0 Å². The lowest BCUT2D eigenvalue weighted by Crippen LogP contribution is -2.52. The second-order valence-corrected chi connectivity index (χ2v) is 3.14. The fourth-order valence-corrected chi connectivity index (χ4v) is 1.36. The van der Waals surface area contributed by atoms with Gasteiger partial charge in [-0.05, 0) is 0 Å². The Labute approximate surface area is 89.3 Å². The van der Waals surface area contributed by atoms with Crippen molar-refractivity contribution in [3.05, 3.63) is 0 Å². The summed E-state index contributed by atoms with van der Waals surface area (Å²) in [5.41, 5.74) is 5.51. The second kappa shape index (κ2) is 7.72. The van der Waals surface area contributed by atoms with Gasteiger partial charge in [0.05, 0.1) is 12.6 Å². The lowest BCUT2D eigenvalue weighted by molar-refractivity contribution is -0.129. The van der Waals surface area contributed by atoms with Gasteiger partial charge in [-0.3, -0.25) is 0 Å². The van der Waals surface area contributed by atoms with Crippen LogP contribution in [0.5, 0.6) is 0 Å². The standard InChI is InChI=1S/C9H19NO5/c1-13-5-7(12)9(15-3)8(14-2)6(10)4-11/h4,6-9,12H,5,10H2,1-3H3/t6-,7+,8+,9+/m0/s1. The van der Waals surface area contributed by atoms with Crippen LogP contribution in [0.4, 0.5) is 0 Å². The smallest absolute Gasteiger partial charge is 0.139 e. The van der Waals surface area contributed by atoms with Gasteiger partial charge in [0.15, 0.2) is 0 Å². The number of hydrogen-bond donors (Lipinski definition) is 2. The Bertz CT molecular complexity index is 178. The molecule has 0 aromatic heterocycles. The van der Waals surface area contributed by atoms with Crippen molar-refractivity contribution in [3.8, 4) is 0 Å². The minimum Gasteiger partial charge on any atom is -0.388 e. The van der Waals surface area contributed by atoms with Crippen molar-refractivity contribution in [1.29, 1.82) is 0 Å². The number of rotatable bonds is 8. The molecule has 0 amide bonds. The van der Waals surface area contributed by atoms with Crippen molar-refractivity contribution < 1.29 is 24.1 Å². The average molecular weight is 221 g/mol. The predicted molar refractivity (Wildman–Crippen MR) is 53.5 cm³/mol. The Kier molecular flexibility index (Phi) is 7.45. The molecule has 6 nitrogen and oxygen atoms in total. The molecule has 6 heteroatoms. The molecule has 3 N–H and O–H groups in total. The number of aliphatic hydroxyl groups is 1. The Morgan fingerprint density at radius 2 is 1.80 bits per heavy atom. The summed E-state index contributed by atoms with van der Waals surface area (Å²) in [6, 6.07) is -0.841. The summed E-state index contributed by atoms with van der Waals surface area (Å²) in [6.07, 6.45) is -1.73. The summed E-state index contributed by atoms with van der Waals surface area (Å²) in [7, 11) is 4.27. The van der Waals surface area contributed by atoms with E-state index in [1.54, 1.807) is 0 Å². The van der Waals surface area contributed by atoms with Crippen LogP contribution in [0.3, 0.4) is 0 Å². The molecule has 0 aliphatic carbocycles. The van der Waals surface area contributed by atoms with Crippen LogP contribution in [0.25, 0.3) is 0 Å². The van der Waals surface area contributed by atoms with Gasteiger partial charge in [0.2, 0.25) is 0 Å². The third-order valence-corrected chi connectivity index (χ3v) is 2.12. The predicted octanol–water partition coefficient (Wildman–Crippen LogP) is -1.45. The van der Waals surface area contributed by atoms with Crippen molar-refractivity contribution in [1.82, 2.24) is 0 Å². The normalized spacial score (nSPS) is 19.3. The van der Waals surface area contributed by atoms with Gasteiger partial charge >= 0.3 is 0 Å². The van der Waals surface area contributed by atoms with E-state index in [0.717, 1.165) is 0 Å². The van der Waals surface area contributed by atoms with Gasteiger partial charge in [-0.1, -0.05) is 0 Å². The number of hydrogen-bond acceptors (Lipinski definition) is 6. The summed E-state index contributed by atoms with van der Waals surface area (Å²) >= 11 is 0. The van der Waals surface area contributed by atoms with E-state index in [4.69, 9.17) is 19.9 Å². The Hall–Kier alpha value is -0.530. The van der Waals surface area contributed by atoms with E-state index in [9.17, 15) is 9.90 Å². The molecule has 0 unspecified atom stereocenters. The van der Waals surface area contributed by atoms with Crippen LogP contribution in [0.2, 0.25) is 0 Å². The molecule has 0 spiro atoms. The summed E-state index contributed by atoms with van der Waals surface area (Å²) in [5.74, 6) is 0. The van der Waals surface area contributed by atoms with Gasteiger partial charge in [0.25, 0.3) is 0 Å². The first-order valence-electron chi connectivity index (χ1n) is 4.55. The number of ether oxygens (including phenoxy) is 3. The molecule has 0 aliphatic heterocycles. The summed E-state index contributed by atoms with van der Waals surface area (Å²) in [6.45, 7) is 0.0872. The van der Waals surface area contributed by atoms with Crippen LogP contribution in [0, 0.1) is 0 Å². The van der Waals surface area contributed by atoms with Crippen LogP contribution in [0.1, 0.15) is 0 Å². The summed E-state index contributed by atoms with van der Waals surface area (Å²) in [4.78, 5) is 10.5. The van der Waals surface area contributed by atoms with Gasteiger partial charge in [-0.15, -0.1) is 0 Å². The van der Waals surface area contributed by atoms with Crippen LogP contribution < -0.4 is 5.73 Å². The van der Waals surface area contributed by atoms with Crippen LogP contribution >= 0.6 is 0 Å². The molecule has 0 heterocycles. The average Bonchev–Trinajstić information content (AvgIpc) is 2.24. The Morgan fingerprint density at radius 1 is 1.27 bits per heavy atom. The van der Waals surface area contributed by atoms with E-state index in [1.807, 2.05) is 0 Å². The molecule has 0 aliphatic rings. The minimum absolute atomic E-state index is 0.0872. The van der Waals surface area contributed by atoms with Crippen molar-refractivity contribution in [2.24, 2.45) is 5.73 Å². The number of nitrogens with two attached hydrogens (primary N) is 1. The highest BCUT2D eigenvalue weighted by Crippen LogP contribution is 2.10. The van der Waals surface area contributed by atoms with Crippen molar-refractivity contribution in [3.63, 3.8) is 0 Å². The fourth-order valence-electron chi connectivity index (χ4n) is 1.36. The van der Waals surface area contributed by atoms with E-state index in [-0.39, 0.29) is 6.61 Å². The monoisotopic (exact) mass is 221 g/mol. The van der Waals surface area contributed by atoms with E-state index in [1.165, 1.54) is 21.3 Å². The summed E-state index contributed by atoms with van der Waals surface area (Å²) in [5, 5.41) is 9.65. The molecule has 4 atom stereocenters. The third-order valence-electron chi connectivity index (χ3n) is 2.12. The maximum absolute atomic E-state index is 10.5. The topological polar surface area (TPSA) is 91.0 Å². The van der Waals surface area contributed by atoms with E-state index < -0.39 is 24.4 Å². The zero-order chi connectivity index (χ0) is 11.8. The lowest BCUT2D eigenvalue weighted by Gasteiger charge is -2.30. The first-order chi connectivity index (χ1) is 7.12. The quantitative estimate of drug-likeness (QED) is 0.487. The number of carbonyl (C=O) groups is 1. The highest BCUT2D eigenvalue weighted by atomic mass is 16.5. The SMILES string of the molecule is COC[C@@H](O)[C@@H](OC)[C@H](OC)[C@@H](N)C=O. The number of aliphatic hydroxyl groups excluding tert-OH is 1. The molecular weight excluding hydrogens is 202 g/mol. The van der Waals surface area contributed by atoms with Crippen LogP contribution in [-0.4, -0.2) is 63.7 Å². The first kappa shape index (κ1) is 14.5. The number of aldehydes is 1. The van der Waals surface area contributed by atoms with Gasteiger partial charge < -0.3 is 29.8 Å². The molecule has 15 heavy (non-hydrogen) atoms. The molecule has 0 saturated heterocycles. The van der Waals surface area contributed by atoms with Gasteiger partial charge in [-0.25, -0.2) is 0 Å². The van der Waals surface area contributed by atoms with E-state index in [2.05, 4.69) is 0 Å². The second-order valence-electron chi connectivity index (χ2n) is 3.14. The van der Waals surface area contributed by atoms with E-state index in [0.29, 0.717) is 6.29 Å². The molecule has 0 saturated carbocycles. The highest BCUT2D eigenvalue weighted by Gasteiger charge is 2.32. The maximum Gasteiger partial charge on any atom is 0.139 e. The largest absolute Gasteiger partial charge is 0.388 e. The lowest BCUT2D eigenvalue weighted by atomic mass is 10.0. The van der Waals surface area contributed by atoms with Crippen LogP contribution in [-0.2, 0) is 19.0 Å². The third kappa shape index (κ3) is 4.23. The fraction of sp³-hybridized carbons (Fsp3) is 0.889. The Balaban J connectivity index is 4.51. The van der Waals surface area contributed by atoms with E-state index >= 15 is 0 Å². The summed E-state index contributed by atoms with van der Waals surface area (Å²) < 4.78 is 14.9. The minimum atomic E-state index is -0.893. The first-order valence-corrected chi connectivity index (χ1v) is 4.55.